The molecule has 0 unspecified atom stereocenters. The van der Waals surface area contributed by atoms with Crippen molar-refractivity contribution in [3.63, 3.8) is 0 Å². The third kappa shape index (κ3) is 92.5. The van der Waals surface area contributed by atoms with Gasteiger partial charge in [0, 0.05) is 0 Å². The maximum absolute atomic E-state index is 8.63. The summed E-state index contributed by atoms with van der Waals surface area (Å²) in [6.45, 7) is 0. The molecule has 0 bridgehead atoms. The topological polar surface area (TPSA) is 80.3 Å². The first-order valence-electron chi connectivity index (χ1n) is 0.667. The first-order chi connectivity index (χ1) is 2.00. The minimum Gasteiger partial charge on any atom is 2.00 e. The summed E-state index contributed by atoms with van der Waals surface area (Å²) in [5.74, 6) is 0. The van der Waals surface area contributed by atoms with Crippen molar-refractivity contribution in [2.75, 3.05) is 0 Å². The predicted molar refractivity (Wildman–Crippen MR) is 1.37 cm³/mol. The zero-order chi connectivity index (χ0) is 4.50. The Balaban J connectivity index is 0. The van der Waals surface area contributed by atoms with Gasteiger partial charge in [-0.25, -0.2) is 0 Å². The third-order valence-corrected chi connectivity index (χ3v) is 0. The molecule has 6 heavy (non-hydrogen) atoms. The molecule has 0 rings (SSSR count). The van der Waals surface area contributed by atoms with E-state index < -0.39 is 16.7 Å². The molecule has 6 heteroatoms. The van der Waals surface area contributed by atoms with Crippen LogP contribution in [0, 0.1) is 0 Å². The molecule has 40 valence electrons. The second kappa shape index (κ2) is 2.97. The summed E-state index contributed by atoms with van der Waals surface area (Å²) in [6.07, 6.45) is 0. The van der Waals surface area contributed by atoms with Crippen molar-refractivity contribution in [1.82, 2.24) is 0 Å². The van der Waals surface area contributed by atoms with Gasteiger partial charge in [-0.15, -0.1) is 0 Å². The molecule has 0 aromatic heterocycles. The Hall–Kier alpha value is 0.897. The normalized spacial score (nSPS) is 9.67. The molecule has 0 aromatic carbocycles. The Kier molecular flexibility index (Phi) is 4.95. The molecule has 0 N–H and O–H groups in total. The Labute approximate surface area is 52.2 Å². The Bertz CT molecular complexity index is 90.7. The first-order valence-corrected chi connectivity index (χ1v) is 3.94. The van der Waals surface area contributed by atoms with E-state index in [-0.39, 0.29) is 21.1 Å². The van der Waals surface area contributed by atoms with E-state index >= 15 is 0 Å². The van der Waals surface area contributed by atoms with Crippen molar-refractivity contribution in [1.29, 1.82) is 0 Å². The molecule has 0 amide bonds. The molecule has 0 spiro atoms. The van der Waals surface area contributed by atoms with Gasteiger partial charge in [-0.2, -0.15) is 0 Å². The van der Waals surface area contributed by atoms with Crippen LogP contribution in [0.1, 0.15) is 0 Å². The summed E-state index contributed by atoms with van der Waals surface area (Å²) in [7, 11) is 0. The summed E-state index contributed by atoms with van der Waals surface area (Å²) in [5, 5.41) is 0. The van der Waals surface area contributed by atoms with Crippen LogP contribution in [0.3, 0.4) is 0 Å². The van der Waals surface area contributed by atoms with Crippen LogP contribution in [-0.2, 0) is 44.6 Å². The van der Waals surface area contributed by atoms with E-state index in [0.29, 0.717) is 0 Å². The van der Waals surface area contributed by atoms with Crippen molar-refractivity contribution in [3.8, 4) is 0 Å². The van der Waals surface area contributed by atoms with Crippen LogP contribution in [-0.4, -0.2) is 0 Å². The summed E-state index contributed by atoms with van der Waals surface area (Å²) < 4.78 is 34.5. The summed E-state index contributed by atoms with van der Waals surface area (Å²) in [4.78, 5) is 0. The van der Waals surface area contributed by atoms with Gasteiger partial charge in [-0.05, 0) is 0 Å². The molecule has 0 aromatic rings. The van der Waals surface area contributed by atoms with E-state index in [0.717, 1.165) is 0 Å². The van der Waals surface area contributed by atoms with E-state index in [9.17, 15) is 0 Å². The largest absolute Gasteiger partial charge is 2.00 e. The number of hydrogen-bond donors (Lipinski definition) is 0. The van der Waals surface area contributed by atoms with E-state index in [2.05, 4.69) is 0 Å². The van der Waals surface area contributed by atoms with E-state index in [1.807, 2.05) is 0 Å². The predicted octanol–water partition coefficient (Wildman–Crippen LogP) is -2.62. The Morgan fingerprint density at radius 1 is 1.17 bits per heavy atom. The van der Waals surface area contributed by atoms with Gasteiger partial charge in [0.25, 0.3) is 0 Å². The molecule has 0 fully saturated rings. The number of hydrogen-bond acceptors (Lipinski definition) is 4. The monoisotopic (exact) mass is 357 g/mol. The number of rotatable bonds is 0. The zero-order valence-electron chi connectivity index (χ0n) is 2.36. The standard InChI is InChI=1S/Mo.4O.Pt/q;;;2*-1;+2. The van der Waals surface area contributed by atoms with Crippen LogP contribution in [0.4, 0.5) is 0 Å². The van der Waals surface area contributed by atoms with Gasteiger partial charge in [-0.1, -0.05) is 0 Å². The van der Waals surface area contributed by atoms with Crippen molar-refractivity contribution < 1.29 is 52.1 Å². The second-order valence-electron chi connectivity index (χ2n) is 0.408. The fourth-order valence-electron chi connectivity index (χ4n) is 0. The molecular formula is MoO4Pt. The maximum Gasteiger partial charge on any atom is 2.00 e. The van der Waals surface area contributed by atoms with Crippen LogP contribution < -0.4 is 7.52 Å². The molecule has 0 aliphatic rings. The summed E-state index contributed by atoms with van der Waals surface area (Å²) >= 11 is -6.02. The quantitative estimate of drug-likeness (QED) is 0.446. The van der Waals surface area contributed by atoms with Gasteiger partial charge >= 0.3 is 52.1 Å². The molecule has 0 aliphatic heterocycles. The van der Waals surface area contributed by atoms with Gasteiger partial charge < -0.3 is 0 Å². The van der Waals surface area contributed by atoms with Gasteiger partial charge in [0.15, 0.2) is 0 Å². The third-order valence-electron chi connectivity index (χ3n) is 0. The first kappa shape index (κ1) is 10.0. The van der Waals surface area contributed by atoms with Crippen molar-refractivity contribution in [3.05, 3.63) is 0 Å². The molecule has 0 aliphatic carbocycles. The van der Waals surface area contributed by atoms with Crippen LogP contribution in [0.5, 0.6) is 0 Å². The van der Waals surface area contributed by atoms with Crippen molar-refractivity contribution in [2.45, 2.75) is 0 Å². The van der Waals surface area contributed by atoms with Crippen LogP contribution in [0.15, 0.2) is 0 Å². The maximum atomic E-state index is 8.63. The molecule has 0 saturated carbocycles. The van der Waals surface area contributed by atoms with Crippen molar-refractivity contribution in [2.24, 2.45) is 0 Å². The SMILES string of the molecule is [O]=[Mo](=[O])([O-])[O-].[Pt+2]. The van der Waals surface area contributed by atoms with Crippen LogP contribution >= 0.6 is 0 Å². The molecule has 0 radical (unpaired) electrons. The van der Waals surface area contributed by atoms with Gasteiger partial charge in [-0.3, -0.25) is 0 Å². The molecule has 0 heterocycles. The van der Waals surface area contributed by atoms with Crippen molar-refractivity contribution >= 4 is 0 Å². The Morgan fingerprint density at radius 3 is 1.17 bits per heavy atom. The summed E-state index contributed by atoms with van der Waals surface area (Å²) in [6, 6.07) is 0. The van der Waals surface area contributed by atoms with E-state index in [1.54, 1.807) is 0 Å². The molecule has 0 atom stereocenters. The molecular weight excluding hydrogens is 355 g/mol. The van der Waals surface area contributed by atoms with Gasteiger partial charge in [0.05, 0.1) is 0 Å². The average molecular weight is 355 g/mol. The smallest absolute Gasteiger partial charge is 2.00 e. The van der Waals surface area contributed by atoms with Crippen LogP contribution in [0.25, 0.3) is 0 Å². The molecule has 0 saturated heterocycles. The molecule has 4 nitrogen and oxygen atoms in total. The van der Waals surface area contributed by atoms with E-state index in [1.165, 1.54) is 0 Å². The van der Waals surface area contributed by atoms with Crippen LogP contribution in [0.2, 0.25) is 0 Å². The second-order valence-corrected chi connectivity index (χ2v) is 2.42. The Morgan fingerprint density at radius 2 is 1.17 bits per heavy atom. The average Bonchev–Trinajstić information content (AvgIpc) is 0.722. The van der Waals surface area contributed by atoms with Gasteiger partial charge in [0.2, 0.25) is 0 Å². The minimum atomic E-state index is -6.02. The van der Waals surface area contributed by atoms with Gasteiger partial charge in [0.1, 0.15) is 0 Å². The summed E-state index contributed by atoms with van der Waals surface area (Å²) in [5.41, 5.74) is 0. The van der Waals surface area contributed by atoms with E-state index in [4.69, 9.17) is 14.3 Å². The zero-order valence-corrected chi connectivity index (χ0v) is 6.64. The minimum absolute atomic E-state index is 0. The fraction of sp³-hybridized carbons (Fsp3) is 0. The fourth-order valence-corrected chi connectivity index (χ4v) is 0.